The van der Waals surface area contributed by atoms with Crippen LogP contribution >= 0.6 is 0 Å². The van der Waals surface area contributed by atoms with Crippen molar-refractivity contribution in [2.24, 2.45) is 5.10 Å². The molecule has 2 N–H and O–H groups in total. The lowest BCUT2D eigenvalue weighted by atomic mass is 10.1. The van der Waals surface area contributed by atoms with E-state index in [-0.39, 0.29) is 43.0 Å². The molecule has 0 bridgehead atoms. The third-order valence-electron chi connectivity index (χ3n) is 2.85. The normalized spacial score (nSPS) is 14.5. The molecule has 0 radical (unpaired) electrons. The van der Waals surface area contributed by atoms with Crippen LogP contribution in [0.5, 0.6) is 0 Å². The second-order valence-electron chi connectivity index (χ2n) is 4.34. The molecule has 1 heterocycles. The minimum absolute atomic E-state index is 0.159. The molecular weight excluding hydrogens is 268 g/mol. The van der Waals surface area contributed by atoms with E-state index in [1.165, 1.54) is 0 Å². The summed E-state index contributed by atoms with van der Waals surface area (Å²) in [4.78, 5) is 22.6. The minimum atomic E-state index is -0.521. The summed E-state index contributed by atoms with van der Waals surface area (Å²) in [5, 5.41) is 6.19. The molecule has 2 rings (SSSR count). The zero-order valence-electron chi connectivity index (χ0n) is 10.6. The van der Waals surface area contributed by atoms with E-state index >= 15 is 0 Å². The Kier molecular flexibility index (Phi) is 4.39. The van der Waals surface area contributed by atoms with Gasteiger partial charge in [-0.15, -0.1) is 0 Å². The molecule has 0 saturated carbocycles. The van der Waals surface area contributed by atoms with Crippen molar-refractivity contribution in [3.8, 4) is 0 Å². The zero-order chi connectivity index (χ0) is 14.5. The van der Waals surface area contributed by atoms with E-state index in [1.54, 1.807) is 0 Å². The number of carbonyl (C=O) groups is 2. The van der Waals surface area contributed by atoms with E-state index < -0.39 is 17.5 Å². The van der Waals surface area contributed by atoms with Crippen LogP contribution in [0.2, 0.25) is 0 Å². The van der Waals surface area contributed by atoms with Crippen molar-refractivity contribution in [2.75, 3.05) is 6.54 Å². The van der Waals surface area contributed by atoms with E-state index in [2.05, 4.69) is 15.8 Å². The van der Waals surface area contributed by atoms with Gasteiger partial charge in [-0.3, -0.25) is 9.59 Å². The smallest absolute Gasteiger partial charge is 0.267 e. The number of hydrogen-bond acceptors (Lipinski definition) is 3. The molecule has 0 spiro atoms. The largest absolute Gasteiger partial charge is 0.351 e. The van der Waals surface area contributed by atoms with Crippen molar-refractivity contribution >= 4 is 17.5 Å². The van der Waals surface area contributed by atoms with Gasteiger partial charge in [0.1, 0.15) is 17.3 Å². The average Bonchev–Trinajstić information content (AvgIpc) is 2.43. The first-order valence-electron chi connectivity index (χ1n) is 6.14. The molecule has 1 aliphatic heterocycles. The van der Waals surface area contributed by atoms with Crippen LogP contribution in [0.1, 0.15) is 18.4 Å². The Hall–Kier alpha value is -2.31. The van der Waals surface area contributed by atoms with Gasteiger partial charge in [0.15, 0.2) is 0 Å². The minimum Gasteiger partial charge on any atom is -0.351 e. The van der Waals surface area contributed by atoms with Crippen LogP contribution in [0.15, 0.2) is 23.3 Å². The molecule has 1 aliphatic rings. The predicted molar refractivity (Wildman–Crippen MR) is 67.9 cm³/mol. The van der Waals surface area contributed by atoms with Crippen molar-refractivity contribution in [2.45, 2.75) is 19.3 Å². The van der Waals surface area contributed by atoms with Gasteiger partial charge in [0, 0.05) is 19.4 Å². The molecular formula is C13H13F2N3O2. The van der Waals surface area contributed by atoms with E-state index in [9.17, 15) is 18.4 Å². The summed E-state index contributed by atoms with van der Waals surface area (Å²) < 4.78 is 26.3. The second-order valence-corrected chi connectivity index (χ2v) is 4.34. The highest BCUT2D eigenvalue weighted by molar-refractivity contribution is 6.39. The first-order valence-corrected chi connectivity index (χ1v) is 6.14. The number of rotatable bonds is 4. The van der Waals surface area contributed by atoms with Crippen LogP contribution < -0.4 is 10.7 Å². The molecule has 2 amide bonds. The van der Waals surface area contributed by atoms with E-state index in [4.69, 9.17) is 0 Å². The number of halogens is 2. The van der Waals surface area contributed by atoms with Crippen molar-refractivity contribution in [1.29, 1.82) is 0 Å². The zero-order valence-corrected chi connectivity index (χ0v) is 10.6. The van der Waals surface area contributed by atoms with Crippen molar-refractivity contribution in [3.05, 3.63) is 35.4 Å². The van der Waals surface area contributed by atoms with E-state index in [0.29, 0.717) is 0 Å². The van der Waals surface area contributed by atoms with Crippen LogP contribution in [0.25, 0.3) is 0 Å². The Morgan fingerprint density at radius 2 is 2.15 bits per heavy atom. The summed E-state index contributed by atoms with van der Waals surface area (Å²) in [5.41, 5.74) is 2.64. The molecule has 0 aliphatic carbocycles. The summed E-state index contributed by atoms with van der Waals surface area (Å²) >= 11 is 0. The maximum absolute atomic E-state index is 13.3. The fraction of sp³-hybridized carbons (Fsp3) is 0.308. The van der Waals surface area contributed by atoms with E-state index in [1.807, 2.05) is 0 Å². The molecule has 1 aromatic carbocycles. The molecule has 5 nitrogen and oxygen atoms in total. The quantitative estimate of drug-likeness (QED) is 0.860. The number of carbonyl (C=O) groups excluding carboxylic acids is 2. The third kappa shape index (κ3) is 3.59. The Bertz CT molecular complexity index is 573. The number of nitrogens with one attached hydrogen (secondary N) is 2. The highest BCUT2D eigenvalue weighted by Crippen LogP contribution is 2.09. The van der Waals surface area contributed by atoms with Crippen LogP contribution in [0.4, 0.5) is 8.78 Å². The summed E-state index contributed by atoms with van der Waals surface area (Å²) in [6.07, 6.45) is 0.658. The van der Waals surface area contributed by atoms with Gasteiger partial charge in [-0.05, 0) is 30.2 Å². The molecule has 0 aromatic heterocycles. The first-order chi connectivity index (χ1) is 9.56. The van der Waals surface area contributed by atoms with Crippen LogP contribution in [0, 0.1) is 11.6 Å². The molecule has 1 aromatic rings. The van der Waals surface area contributed by atoms with Gasteiger partial charge in [-0.1, -0.05) is 0 Å². The second kappa shape index (κ2) is 6.23. The summed E-state index contributed by atoms with van der Waals surface area (Å²) in [6, 6.07) is 3.18. The van der Waals surface area contributed by atoms with Gasteiger partial charge >= 0.3 is 0 Å². The van der Waals surface area contributed by atoms with Crippen LogP contribution in [-0.2, 0) is 16.0 Å². The SMILES string of the molecule is O=C1CCC(C(=O)NCCc2cc(F)ccc2F)=NN1. The lowest BCUT2D eigenvalue weighted by Crippen LogP contribution is -2.37. The van der Waals surface area contributed by atoms with Gasteiger partial charge in [0.2, 0.25) is 5.91 Å². The molecule has 20 heavy (non-hydrogen) atoms. The summed E-state index contributed by atoms with van der Waals surface area (Å²) in [6.45, 7) is 0.159. The highest BCUT2D eigenvalue weighted by Gasteiger charge is 2.17. The lowest BCUT2D eigenvalue weighted by Gasteiger charge is -2.12. The molecule has 0 atom stereocenters. The van der Waals surface area contributed by atoms with Crippen molar-refractivity contribution in [1.82, 2.24) is 10.7 Å². The molecule has 7 heteroatoms. The number of amides is 2. The third-order valence-corrected chi connectivity index (χ3v) is 2.85. The first kappa shape index (κ1) is 14.1. The summed E-state index contributed by atoms with van der Waals surface area (Å²) in [7, 11) is 0. The molecule has 0 fully saturated rings. The number of hydrazone groups is 1. The Morgan fingerprint density at radius 1 is 1.35 bits per heavy atom. The average molecular weight is 281 g/mol. The monoisotopic (exact) mass is 281 g/mol. The summed E-state index contributed by atoms with van der Waals surface area (Å²) in [5.74, 6) is -1.68. The standard InChI is InChI=1S/C13H13F2N3O2/c14-9-1-2-10(15)8(7-9)5-6-16-13(20)11-3-4-12(19)18-17-11/h1-2,7H,3-6H2,(H,16,20)(H,18,19). The Balaban J connectivity index is 1.85. The molecule has 0 saturated heterocycles. The lowest BCUT2D eigenvalue weighted by molar-refractivity contribution is -0.121. The fourth-order valence-electron chi connectivity index (χ4n) is 1.79. The van der Waals surface area contributed by atoms with Crippen LogP contribution in [0.3, 0.4) is 0 Å². The number of nitrogens with zero attached hydrogens (tertiary/aromatic N) is 1. The number of benzene rings is 1. The Labute approximate surface area is 114 Å². The maximum atomic E-state index is 13.3. The van der Waals surface area contributed by atoms with Crippen molar-refractivity contribution < 1.29 is 18.4 Å². The number of hydrogen-bond donors (Lipinski definition) is 2. The van der Waals surface area contributed by atoms with Gasteiger partial charge in [-0.25, -0.2) is 14.2 Å². The fourth-order valence-corrected chi connectivity index (χ4v) is 1.79. The molecule has 106 valence electrons. The van der Waals surface area contributed by atoms with Gasteiger partial charge in [-0.2, -0.15) is 5.10 Å². The van der Waals surface area contributed by atoms with Crippen LogP contribution in [-0.4, -0.2) is 24.1 Å². The van der Waals surface area contributed by atoms with Crippen molar-refractivity contribution in [3.63, 3.8) is 0 Å². The highest BCUT2D eigenvalue weighted by atomic mass is 19.1. The van der Waals surface area contributed by atoms with E-state index in [0.717, 1.165) is 18.2 Å². The maximum Gasteiger partial charge on any atom is 0.267 e. The van der Waals surface area contributed by atoms with Gasteiger partial charge in [0.25, 0.3) is 5.91 Å². The van der Waals surface area contributed by atoms with Gasteiger partial charge in [0.05, 0.1) is 0 Å². The molecule has 0 unspecified atom stereocenters. The topological polar surface area (TPSA) is 70.6 Å². The van der Waals surface area contributed by atoms with Gasteiger partial charge < -0.3 is 5.32 Å². The Morgan fingerprint density at radius 3 is 2.85 bits per heavy atom. The predicted octanol–water partition coefficient (Wildman–Crippen LogP) is 0.889.